The van der Waals surface area contributed by atoms with Gasteiger partial charge in [0.25, 0.3) is 0 Å². The van der Waals surface area contributed by atoms with Crippen LogP contribution in [0.15, 0.2) is 0 Å². The number of ether oxygens (including phenoxy) is 2. The lowest BCUT2D eigenvalue weighted by Gasteiger charge is -2.03. The smallest absolute Gasteiger partial charge is 0.306 e. The molecule has 110 valence electrons. The first-order valence-corrected chi connectivity index (χ1v) is 6.93. The molecule has 0 fully saturated rings. The van der Waals surface area contributed by atoms with Crippen LogP contribution in [0.1, 0.15) is 52.4 Å². The van der Waals surface area contributed by atoms with E-state index in [0.29, 0.717) is 12.8 Å². The van der Waals surface area contributed by atoms with Gasteiger partial charge in [0.05, 0.1) is 12.8 Å². The van der Waals surface area contributed by atoms with E-state index in [1.807, 2.05) is 13.8 Å². The minimum atomic E-state index is -0.397. The summed E-state index contributed by atoms with van der Waals surface area (Å²) in [5.41, 5.74) is 0. The minimum absolute atomic E-state index is 0.0423. The fraction of sp³-hybridized carbons (Fsp3) is 0.625. The van der Waals surface area contributed by atoms with Gasteiger partial charge in [-0.05, 0) is 0 Å². The van der Waals surface area contributed by atoms with E-state index in [0.717, 1.165) is 12.8 Å². The Bertz CT molecular complexity index is 364. The first-order chi connectivity index (χ1) is 9.70. The first-order valence-electron chi connectivity index (χ1n) is 6.93. The van der Waals surface area contributed by atoms with Crippen LogP contribution in [-0.4, -0.2) is 25.2 Å². The van der Waals surface area contributed by atoms with Crippen molar-refractivity contribution in [2.24, 2.45) is 0 Å². The summed E-state index contributed by atoms with van der Waals surface area (Å²) in [4.78, 5) is 22.6. The van der Waals surface area contributed by atoms with Crippen LogP contribution in [0, 0.1) is 23.7 Å². The van der Waals surface area contributed by atoms with Gasteiger partial charge in [-0.1, -0.05) is 25.7 Å². The predicted octanol–water partition coefficient (Wildman–Crippen LogP) is 2.46. The van der Waals surface area contributed by atoms with E-state index in [2.05, 4.69) is 23.7 Å². The lowest BCUT2D eigenvalue weighted by Crippen LogP contribution is -2.11. The summed E-state index contributed by atoms with van der Waals surface area (Å²) in [6.45, 7) is 4.46. The second-order valence-corrected chi connectivity index (χ2v) is 3.86. The van der Waals surface area contributed by atoms with Crippen LogP contribution in [0.25, 0.3) is 0 Å². The number of carbonyl (C=O) groups excluding carboxylic acids is 2. The van der Waals surface area contributed by atoms with E-state index in [4.69, 9.17) is 9.47 Å². The number of hydrogen-bond donors (Lipinski definition) is 0. The predicted molar refractivity (Wildman–Crippen MR) is 76.5 cm³/mol. The average Bonchev–Trinajstić information content (AvgIpc) is 2.44. The summed E-state index contributed by atoms with van der Waals surface area (Å²) in [5, 5.41) is 0. The molecule has 0 N–H and O–H groups in total. The second kappa shape index (κ2) is 13.5. The molecule has 0 heterocycles. The average molecular weight is 278 g/mol. The summed E-state index contributed by atoms with van der Waals surface area (Å²) in [7, 11) is 0. The van der Waals surface area contributed by atoms with E-state index >= 15 is 0 Å². The van der Waals surface area contributed by atoms with Gasteiger partial charge in [0.2, 0.25) is 0 Å². The number of carbonyl (C=O) groups is 2. The zero-order valence-corrected chi connectivity index (χ0v) is 12.3. The van der Waals surface area contributed by atoms with Gasteiger partial charge in [-0.15, -0.1) is 11.8 Å². The maximum absolute atomic E-state index is 11.3. The lowest BCUT2D eigenvalue weighted by atomic mass is 10.3. The molecule has 4 heteroatoms. The topological polar surface area (TPSA) is 52.6 Å². The zero-order chi connectivity index (χ0) is 15.1. The number of hydrogen-bond acceptors (Lipinski definition) is 4. The molecule has 0 bridgehead atoms. The molecule has 0 saturated carbocycles. The molecule has 0 aliphatic rings. The van der Waals surface area contributed by atoms with Gasteiger partial charge >= 0.3 is 11.9 Å². The van der Waals surface area contributed by atoms with E-state index in [1.165, 1.54) is 0 Å². The van der Waals surface area contributed by atoms with Crippen LogP contribution in [0.5, 0.6) is 0 Å². The molecule has 0 atom stereocenters. The summed E-state index contributed by atoms with van der Waals surface area (Å²) in [6.07, 6.45) is 2.73. The Morgan fingerprint density at radius 3 is 1.50 bits per heavy atom. The van der Waals surface area contributed by atoms with Crippen molar-refractivity contribution >= 4 is 11.9 Å². The first kappa shape index (κ1) is 18.1. The number of rotatable bonds is 7. The largest absolute Gasteiger partial charge is 0.465 e. The minimum Gasteiger partial charge on any atom is -0.465 e. The van der Waals surface area contributed by atoms with Gasteiger partial charge in [-0.3, -0.25) is 9.59 Å². The summed E-state index contributed by atoms with van der Waals surface area (Å²) in [5.74, 6) is 10.7. The fourth-order valence-corrected chi connectivity index (χ4v) is 1.21. The van der Waals surface area contributed by atoms with Crippen molar-refractivity contribution in [1.29, 1.82) is 0 Å². The van der Waals surface area contributed by atoms with Crippen LogP contribution in [-0.2, 0) is 19.1 Å². The highest BCUT2D eigenvalue weighted by Crippen LogP contribution is 1.97. The van der Waals surface area contributed by atoms with E-state index < -0.39 is 11.9 Å². The second-order valence-electron chi connectivity index (χ2n) is 3.86. The summed E-state index contributed by atoms with van der Waals surface area (Å²) in [6, 6.07) is 0. The van der Waals surface area contributed by atoms with Crippen LogP contribution < -0.4 is 0 Å². The third-order valence-corrected chi connectivity index (χ3v) is 2.12. The van der Waals surface area contributed by atoms with E-state index in [9.17, 15) is 9.59 Å². The summed E-state index contributed by atoms with van der Waals surface area (Å²) < 4.78 is 9.85. The van der Waals surface area contributed by atoms with Crippen molar-refractivity contribution in [2.45, 2.75) is 52.4 Å². The van der Waals surface area contributed by atoms with Crippen molar-refractivity contribution < 1.29 is 19.1 Å². The van der Waals surface area contributed by atoms with E-state index in [1.54, 1.807) is 0 Å². The molecular weight excluding hydrogens is 256 g/mol. The highest BCUT2D eigenvalue weighted by atomic mass is 16.5. The fourth-order valence-electron chi connectivity index (χ4n) is 1.21. The standard InChI is InChI=1S/C16H22O4/c1-3-5-7-9-13-19-15(17)11-12-16(18)20-14-10-8-6-4-2/h3-4,9-14H2,1-2H3. The third kappa shape index (κ3) is 12.5. The Morgan fingerprint density at radius 1 is 0.750 bits per heavy atom. The zero-order valence-electron chi connectivity index (χ0n) is 12.3. The van der Waals surface area contributed by atoms with Gasteiger partial charge in [0.15, 0.2) is 0 Å². The summed E-state index contributed by atoms with van der Waals surface area (Å²) >= 11 is 0. The van der Waals surface area contributed by atoms with Crippen molar-refractivity contribution in [3.8, 4) is 23.7 Å². The van der Waals surface area contributed by atoms with Gasteiger partial charge in [-0.25, -0.2) is 0 Å². The quantitative estimate of drug-likeness (QED) is 0.408. The molecule has 0 aromatic heterocycles. The van der Waals surface area contributed by atoms with Crippen molar-refractivity contribution in [1.82, 2.24) is 0 Å². The van der Waals surface area contributed by atoms with Crippen molar-refractivity contribution in [3.63, 3.8) is 0 Å². The Hall–Kier alpha value is -1.94. The molecule has 0 aliphatic carbocycles. The molecule has 0 saturated heterocycles. The molecule has 0 unspecified atom stereocenters. The number of esters is 2. The molecule has 0 aromatic rings. The van der Waals surface area contributed by atoms with Crippen LogP contribution in [0.2, 0.25) is 0 Å². The molecule has 0 aromatic carbocycles. The monoisotopic (exact) mass is 278 g/mol. The van der Waals surface area contributed by atoms with Crippen LogP contribution in [0.3, 0.4) is 0 Å². The van der Waals surface area contributed by atoms with Crippen LogP contribution in [0.4, 0.5) is 0 Å². The van der Waals surface area contributed by atoms with Gasteiger partial charge in [0, 0.05) is 25.7 Å². The van der Waals surface area contributed by atoms with Gasteiger partial charge in [-0.2, -0.15) is 0 Å². The van der Waals surface area contributed by atoms with Crippen molar-refractivity contribution in [2.75, 3.05) is 13.2 Å². The van der Waals surface area contributed by atoms with Crippen LogP contribution >= 0.6 is 0 Å². The molecule has 4 nitrogen and oxygen atoms in total. The molecule has 0 spiro atoms. The van der Waals surface area contributed by atoms with E-state index in [-0.39, 0.29) is 26.1 Å². The highest BCUT2D eigenvalue weighted by Gasteiger charge is 2.08. The lowest BCUT2D eigenvalue weighted by molar-refractivity contribution is -0.150. The maximum Gasteiger partial charge on any atom is 0.306 e. The Morgan fingerprint density at radius 2 is 1.15 bits per heavy atom. The molecule has 0 rings (SSSR count). The Labute approximate surface area is 121 Å². The SMILES string of the molecule is CCC#CCCOC(=O)CCC(=O)OCCC#CCC. The highest BCUT2D eigenvalue weighted by molar-refractivity contribution is 5.77. The third-order valence-electron chi connectivity index (χ3n) is 2.12. The molecule has 0 amide bonds. The van der Waals surface area contributed by atoms with Gasteiger partial charge < -0.3 is 9.47 Å². The molecule has 0 radical (unpaired) electrons. The maximum atomic E-state index is 11.3. The Balaban J connectivity index is 3.55. The Kier molecular flexibility index (Phi) is 12.2. The molecule has 20 heavy (non-hydrogen) atoms. The normalized spacial score (nSPS) is 8.70. The molecular formula is C16H22O4. The molecule has 0 aliphatic heterocycles. The van der Waals surface area contributed by atoms with Gasteiger partial charge in [0.1, 0.15) is 13.2 Å². The van der Waals surface area contributed by atoms with Crippen molar-refractivity contribution in [3.05, 3.63) is 0 Å².